The van der Waals surface area contributed by atoms with Gasteiger partial charge in [-0.2, -0.15) is 0 Å². The molecule has 0 aliphatic carbocycles. The molecule has 0 aliphatic heterocycles. The van der Waals surface area contributed by atoms with Crippen LogP contribution in [-0.2, 0) is 21.4 Å². The van der Waals surface area contributed by atoms with Crippen molar-refractivity contribution in [3.8, 4) is 0 Å². The van der Waals surface area contributed by atoms with Crippen molar-refractivity contribution in [1.29, 1.82) is 0 Å². The number of primary sulfonamides is 1. The number of carbonyl (C=O) groups excluding carboxylic acids is 1. The van der Waals surface area contributed by atoms with E-state index in [4.69, 9.17) is 5.14 Å². The van der Waals surface area contributed by atoms with Gasteiger partial charge in [0.25, 0.3) is 0 Å². The molecular weight excluding hydrogens is 346 g/mol. The maximum atomic E-state index is 12.4. The summed E-state index contributed by atoms with van der Waals surface area (Å²) in [7, 11) is -3.73. The summed E-state index contributed by atoms with van der Waals surface area (Å²) >= 11 is 1.66. The summed E-state index contributed by atoms with van der Waals surface area (Å²) in [6.07, 6.45) is 0. The average Bonchev–Trinajstić information content (AvgIpc) is 3.04. The fraction of sp³-hybridized carbons (Fsp3) is 0.312. The van der Waals surface area contributed by atoms with Crippen molar-refractivity contribution in [1.82, 2.24) is 4.90 Å². The van der Waals surface area contributed by atoms with E-state index >= 15 is 0 Å². The number of hydrogen-bond donors (Lipinski definition) is 2. The van der Waals surface area contributed by atoms with Gasteiger partial charge in [0.2, 0.25) is 15.9 Å². The lowest BCUT2D eigenvalue weighted by atomic mass is 10.2. The Balaban J connectivity index is 2.02. The summed E-state index contributed by atoms with van der Waals surface area (Å²) < 4.78 is 22.5. The van der Waals surface area contributed by atoms with Crippen LogP contribution in [0.15, 0.2) is 46.7 Å². The van der Waals surface area contributed by atoms with Crippen molar-refractivity contribution < 1.29 is 13.2 Å². The highest BCUT2D eigenvalue weighted by Crippen LogP contribution is 2.16. The third-order valence-electron chi connectivity index (χ3n) is 3.72. The van der Waals surface area contributed by atoms with Crippen LogP contribution in [0.3, 0.4) is 0 Å². The van der Waals surface area contributed by atoms with Crippen LogP contribution in [0.25, 0.3) is 0 Å². The minimum atomic E-state index is -3.73. The van der Waals surface area contributed by atoms with Gasteiger partial charge in [0.05, 0.1) is 10.9 Å². The second-order valence-electron chi connectivity index (χ2n) is 5.38. The lowest BCUT2D eigenvalue weighted by Gasteiger charge is -2.26. The van der Waals surface area contributed by atoms with Gasteiger partial charge in [0.1, 0.15) is 0 Å². The molecule has 0 fully saturated rings. The van der Waals surface area contributed by atoms with Crippen LogP contribution in [-0.4, -0.2) is 31.8 Å². The number of rotatable bonds is 7. The van der Waals surface area contributed by atoms with Crippen LogP contribution in [0.1, 0.15) is 18.7 Å². The molecule has 0 aliphatic rings. The van der Waals surface area contributed by atoms with Gasteiger partial charge >= 0.3 is 0 Å². The maximum absolute atomic E-state index is 12.4. The smallest absolute Gasteiger partial charge is 0.241 e. The highest BCUT2D eigenvalue weighted by atomic mass is 32.2. The SMILES string of the molecule is CCN(Cc1cccs1)[C@@H](C)C(=O)Nc1ccc(S(N)(=O)=O)cc1. The molecule has 0 saturated carbocycles. The lowest BCUT2D eigenvalue weighted by Crippen LogP contribution is -2.41. The Labute approximate surface area is 146 Å². The maximum Gasteiger partial charge on any atom is 0.241 e. The summed E-state index contributed by atoms with van der Waals surface area (Å²) in [6, 6.07) is 9.53. The molecule has 0 saturated heterocycles. The minimum Gasteiger partial charge on any atom is -0.325 e. The Hall–Kier alpha value is -1.74. The molecule has 0 unspecified atom stereocenters. The topological polar surface area (TPSA) is 92.5 Å². The normalized spacial score (nSPS) is 13.0. The van der Waals surface area contributed by atoms with E-state index in [0.29, 0.717) is 12.2 Å². The zero-order chi connectivity index (χ0) is 17.7. The number of nitrogens with two attached hydrogens (primary N) is 1. The Morgan fingerprint density at radius 3 is 2.46 bits per heavy atom. The molecule has 1 amide bonds. The molecule has 6 nitrogen and oxygen atoms in total. The molecular formula is C16H21N3O3S2. The predicted octanol–water partition coefficient (Wildman–Crippen LogP) is 2.24. The fourth-order valence-electron chi connectivity index (χ4n) is 2.27. The highest BCUT2D eigenvalue weighted by Gasteiger charge is 2.20. The van der Waals surface area contributed by atoms with Gasteiger partial charge < -0.3 is 5.32 Å². The number of carbonyl (C=O) groups is 1. The van der Waals surface area contributed by atoms with Crippen molar-refractivity contribution >= 4 is 33.0 Å². The van der Waals surface area contributed by atoms with E-state index < -0.39 is 10.0 Å². The Morgan fingerprint density at radius 1 is 1.29 bits per heavy atom. The van der Waals surface area contributed by atoms with Gasteiger partial charge in [-0.05, 0) is 49.2 Å². The van der Waals surface area contributed by atoms with Gasteiger partial charge in [-0.3, -0.25) is 9.69 Å². The van der Waals surface area contributed by atoms with Gasteiger partial charge in [0.15, 0.2) is 0 Å². The standard InChI is InChI=1S/C16H21N3O3S2/c1-3-19(11-14-5-4-10-23-14)12(2)16(20)18-13-6-8-15(9-7-13)24(17,21)22/h4-10,12H,3,11H2,1-2H3,(H,18,20)(H2,17,21,22)/t12-/m0/s1. The van der Waals surface area contributed by atoms with Gasteiger partial charge in [-0.15, -0.1) is 11.3 Å². The van der Waals surface area contributed by atoms with E-state index in [1.54, 1.807) is 11.3 Å². The average molecular weight is 367 g/mol. The van der Waals surface area contributed by atoms with Crippen LogP contribution >= 0.6 is 11.3 Å². The van der Waals surface area contributed by atoms with Gasteiger partial charge in [0, 0.05) is 17.1 Å². The highest BCUT2D eigenvalue weighted by molar-refractivity contribution is 7.89. The summed E-state index contributed by atoms with van der Waals surface area (Å²) in [6.45, 7) is 5.33. The third kappa shape index (κ3) is 4.88. The van der Waals surface area contributed by atoms with Crippen LogP contribution < -0.4 is 10.5 Å². The largest absolute Gasteiger partial charge is 0.325 e. The van der Waals surface area contributed by atoms with E-state index in [2.05, 4.69) is 10.2 Å². The number of anilines is 1. The Bertz CT molecular complexity index is 771. The minimum absolute atomic E-state index is 0.0152. The zero-order valence-electron chi connectivity index (χ0n) is 13.6. The summed E-state index contributed by atoms with van der Waals surface area (Å²) in [4.78, 5) is 15.7. The van der Waals surface area contributed by atoms with Crippen molar-refractivity contribution in [3.63, 3.8) is 0 Å². The van der Waals surface area contributed by atoms with Crippen molar-refractivity contribution in [2.24, 2.45) is 5.14 Å². The van der Waals surface area contributed by atoms with Crippen LogP contribution in [0.2, 0.25) is 0 Å². The van der Waals surface area contributed by atoms with Crippen LogP contribution in [0.4, 0.5) is 5.69 Å². The number of nitrogens with zero attached hydrogens (tertiary/aromatic N) is 1. The number of amides is 1. The molecule has 130 valence electrons. The summed E-state index contributed by atoms with van der Waals surface area (Å²) in [5.41, 5.74) is 0.534. The predicted molar refractivity (Wildman–Crippen MR) is 96.3 cm³/mol. The van der Waals surface area contributed by atoms with Crippen LogP contribution in [0.5, 0.6) is 0 Å². The fourth-order valence-corrected chi connectivity index (χ4v) is 3.51. The molecule has 3 N–H and O–H groups in total. The molecule has 1 heterocycles. The number of thiophene rings is 1. The van der Waals surface area contributed by atoms with Crippen molar-refractivity contribution in [2.75, 3.05) is 11.9 Å². The number of benzene rings is 1. The second-order valence-corrected chi connectivity index (χ2v) is 7.97. The third-order valence-corrected chi connectivity index (χ3v) is 5.51. The van der Waals surface area contributed by atoms with E-state index in [9.17, 15) is 13.2 Å². The monoisotopic (exact) mass is 367 g/mol. The molecule has 0 bridgehead atoms. The van der Waals surface area contributed by atoms with Crippen molar-refractivity contribution in [3.05, 3.63) is 46.7 Å². The van der Waals surface area contributed by atoms with Gasteiger partial charge in [-0.1, -0.05) is 13.0 Å². The lowest BCUT2D eigenvalue weighted by molar-refractivity contribution is -0.120. The molecule has 1 atom stereocenters. The molecule has 0 radical (unpaired) electrons. The Kier molecular flexibility index (Phi) is 6.11. The quantitative estimate of drug-likeness (QED) is 0.785. The summed E-state index contributed by atoms with van der Waals surface area (Å²) in [5, 5.41) is 9.87. The molecule has 1 aromatic heterocycles. The molecule has 1 aromatic carbocycles. The summed E-state index contributed by atoms with van der Waals surface area (Å²) in [5.74, 6) is -0.142. The first-order valence-electron chi connectivity index (χ1n) is 7.51. The molecule has 0 spiro atoms. The molecule has 24 heavy (non-hydrogen) atoms. The molecule has 2 aromatic rings. The molecule has 2 rings (SSSR count). The first-order chi connectivity index (χ1) is 11.3. The first-order valence-corrected chi connectivity index (χ1v) is 9.94. The number of nitrogens with one attached hydrogen (secondary N) is 1. The number of likely N-dealkylation sites (N-methyl/N-ethyl adjacent to an activating group) is 1. The van der Waals surface area contributed by atoms with Gasteiger partial charge in [-0.25, -0.2) is 13.6 Å². The van der Waals surface area contributed by atoms with E-state index in [1.807, 2.05) is 31.4 Å². The number of sulfonamides is 1. The van der Waals surface area contributed by atoms with E-state index in [1.165, 1.54) is 29.1 Å². The van der Waals surface area contributed by atoms with E-state index in [-0.39, 0.29) is 16.8 Å². The zero-order valence-corrected chi connectivity index (χ0v) is 15.2. The van der Waals surface area contributed by atoms with E-state index in [0.717, 1.165) is 6.54 Å². The Morgan fingerprint density at radius 2 is 1.96 bits per heavy atom. The number of hydrogen-bond acceptors (Lipinski definition) is 5. The van der Waals surface area contributed by atoms with Crippen LogP contribution in [0, 0.1) is 0 Å². The molecule has 8 heteroatoms. The second kappa shape index (κ2) is 7.89. The van der Waals surface area contributed by atoms with Crippen molar-refractivity contribution in [2.45, 2.75) is 31.3 Å². The first kappa shape index (κ1) is 18.6.